The zero-order chi connectivity index (χ0) is 31.9. The Balaban J connectivity index is 1.44. The molecule has 4 nitrogen and oxygen atoms in total. The van der Waals surface area contributed by atoms with Crippen LogP contribution in [0.3, 0.4) is 0 Å². The Labute approximate surface area is 276 Å². The van der Waals surface area contributed by atoms with Crippen LogP contribution in [0.15, 0.2) is 188 Å². The fourth-order valence-electron chi connectivity index (χ4n) is 6.47. The highest BCUT2D eigenvalue weighted by molar-refractivity contribution is 5.82. The van der Waals surface area contributed by atoms with Crippen LogP contribution in [-0.4, -0.2) is 0 Å². The molecule has 0 saturated carbocycles. The summed E-state index contributed by atoms with van der Waals surface area (Å²) in [6.07, 6.45) is 0. The van der Waals surface area contributed by atoms with E-state index in [0.717, 1.165) is 44.5 Å². The van der Waals surface area contributed by atoms with Crippen LogP contribution in [0, 0.1) is 0 Å². The van der Waals surface area contributed by atoms with E-state index in [1.807, 2.05) is 121 Å². The molecule has 4 heteroatoms. The number of rotatable bonds is 4. The van der Waals surface area contributed by atoms with Gasteiger partial charge in [0.2, 0.25) is 0 Å². The molecule has 0 fully saturated rings. The first-order valence-corrected chi connectivity index (χ1v) is 15.9. The van der Waals surface area contributed by atoms with Gasteiger partial charge >= 0.3 is 0 Å². The fourth-order valence-corrected chi connectivity index (χ4v) is 6.47. The van der Waals surface area contributed by atoms with Crippen LogP contribution in [0.2, 0.25) is 0 Å². The monoisotopic (exact) mass is 620 g/mol. The smallest absolute Gasteiger partial charge is 0.139 e. The van der Waals surface area contributed by atoms with E-state index in [1.54, 1.807) is 0 Å². The Morgan fingerprint density at radius 1 is 0.208 bits per heavy atom. The highest BCUT2D eigenvalue weighted by atomic mass is 16.4. The summed E-state index contributed by atoms with van der Waals surface area (Å²) < 4.78 is 27.1. The van der Waals surface area contributed by atoms with E-state index in [0.29, 0.717) is 44.7 Å². The normalized spacial score (nSPS) is 17.3. The van der Waals surface area contributed by atoms with Crippen molar-refractivity contribution in [2.75, 3.05) is 0 Å². The highest BCUT2D eigenvalue weighted by Gasteiger charge is 2.21. The third-order valence-corrected chi connectivity index (χ3v) is 8.65. The lowest BCUT2D eigenvalue weighted by Crippen LogP contribution is -2.11. The molecule has 4 aromatic heterocycles. The lowest BCUT2D eigenvalue weighted by molar-refractivity contribution is 0.478. The lowest BCUT2D eigenvalue weighted by Gasteiger charge is -2.07. The third kappa shape index (κ3) is 4.88. The van der Waals surface area contributed by atoms with Gasteiger partial charge < -0.3 is 17.7 Å². The van der Waals surface area contributed by atoms with Gasteiger partial charge in [0, 0.05) is 0 Å². The van der Waals surface area contributed by atoms with Crippen LogP contribution in [0.25, 0.3) is 22.3 Å². The van der Waals surface area contributed by atoms with Crippen molar-refractivity contribution >= 4 is 22.3 Å². The molecule has 0 N–H and O–H groups in total. The van der Waals surface area contributed by atoms with Gasteiger partial charge in [0.1, 0.15) is 44.7 Å². The summed E-state index contributed by atoms with van der Waals surface area (Å²) in [5, 5.41) is 0. The van der Waals surface area contributed by atoms with Crippen LogP contribution in [0.5, 0.6) is 0 Å². The largest absolute Gasteiger partial charge is 0.456 e. The van der Waals surface area contributed by atoms with Crippen molar-refractivity contribution in [1.82, 2.24) is 0 Å². The van der Waals surface area contributed by atoms with Crippen LogP contribution < -0.4 is 21.7 Å². The summed E-state index contributed by atoms with van der Waals surface area (Å²) >= 11 is 0. The van der Waals surface area contributed by atoms with Gasteiger partial charge in [-0.25, -0.2) is 0 Å². The molecule has 0 saturated heterocycles. The second kappa shape index (κ2) is 11.7. The molecular weight excluding hydrogens is 592 g/mol. The first-order chi connectivity index (χ1) is 23.8. The Hall–Kier alpha value is -6.52. The van der Waals surface area contributed by atoms with Crippen molar-refractivity contribution in [3.8, 4) is 0 Å². The Morgan fingerprint density at radius 3 is 0.667 bits per heavy atom. The van der Waals surface area contributed by atoms with Crippen LogP contribution >= 0.6 is 0 Å². The molecule has 0 unspecified atom stereocenters. The van der Waals surface area contributed by atoms with Crippen LogP contribution in [0.1, 0.15) is 45.3 Å². The number of fused-ring (bicyclic) bond motifs is 8. The van der Waals surface area contributed by atoms with E-state index in [-0.39, 0.29) is 0 Å². The minimum Gasteiger partial charge on any atom is -0.456 e. The molecule has 1 aliphatic heterocycles. The molecule has 48 heavy (non-hydrogen) atoms. The number of furan rings is 4. The zero-order valence-corrected chi connectivity index (χ0v) is 25.8. The number of hydrogen-bond donors (Lipinski definition) is 0. The van der Waals surface area contributed by atoms with Gasteiger partial charge in [0.25, 0.3) is 0 Å². The van der Waals surface area contributed by atoms with Crippen LogP contribution in [0.4, 0.5) is 0 Å². The maximum absolute atomic E-state index is 6.77. The molecule has 5 heterocycles. The fraction of sp³-hybridized carbons (Fsp3) is 0. The first-order valence-electron chi connectivity index (χ1n) is 15.9. The van der Waals surface area contributed by atoms with Crippen molar-refractivity contribution in [3.05, 3.63) is 237 Å². The van der Waals surface area contributed by atoms with Gasteiger partial charge in [-0.05, 0) is 70.8 Å². The summed E-state index contributed by atoms with van der Waals surface area (Å²) in [4.78, 5) is 0. The summed E-state index contributed by atoms with van der Waals surface area (Å²) in [5.41, 5.74) is 10.0. The summed E-state index contributed by atoms with van der Waals surface area (Å²) in [5.74, 6) is 2.73. The maximum Gasteiger partial charge on any atom is 0.139 e. The molecule has 0 aliphatic carbocycles. The lowest BCUT2D eigenvalue weighted by atomic mass is 10.0. The quantitative estimate of drug-likeness (QED) is 0.206. The zero-order valence-electron chi connectivity index (χ0n) is 25.8. The third-order valence-electron chi connectivity index (χ3n) is 8.65. The summed E-state index contributed by atoms with van der Waals surface area (Å²) in [7, 11) is 0. The molecule has 4 aromatic carbocycles. The Kier molecular flexibility index (Phi) is 6.76. The Bertz CT molecular complexity index is 2270. The standard InChI is InChI=1S/C44H28O4/c1-5-13-29(14-6-1)41-33-21-23-35(45-33)42(30-15-7-2-8-16-30)37-25-27-39(47-37)44(32-19-11-4-12-20-32)40-28-26-38(48-40)43(31-17-9-3-10-18-31)36-24-22-34(41)46-36/h1-28H/b41-33-,41-34?,42-35-,42-37?,43-36?,43-38-,44-39?,44-40-. The predicted molar refractivity (Wildman–Crippen MR) is 186 cm³/mol. The summed E-state index contributed by atoms with van der Waals surface area (Å²) in [6, 6.07) is 56.8. The average Bonchev–Trinajstić information content (AvgIpc) is 3.98. The van der Waals surface area contributed by atoms with Gasteiger partial charge in [0.05, 0.1) is 22.3 Å². The minimum atomic E-state index is 0.683. The minimum absolute atomic E-state index is 0.683. The molecule has 0 spiro atoms. The molecule has 228 valence electrons. The SMILES string of the molecule is c1ccc(/C2=c3\cc/c(o3)=C(\c3ccccc3)c3ccc(o3)/C(c3ccccc3)=c3/cc/c(o3)=C(\c3ccccc3)c3ccc2o3)cc1. The van der Waals surface area contributed by atoms with Gasteiger partial charge in [0.15, 0.2) is 0 Å². The molecule has 0 radical (unpaired) electrons. The second-order valence-corrected chi connectivity index (χ2v) is 11.6. The van der Waals surface area contributed by atoms with Crippen molar-refractivity contribution in [1.29, 1.82) is 0 Å². The molecule has 1 aliphatic rings. The summed E-state index contributed by atoms with van der Waals surface area (Å²) in [6.45, 7) is 0. The number of benzene rings is 4. The number of hydrogen-bond acceptors (Lipinski definition) is 4. The average molecular weight is 621 g/mol. The Morgan fingerprint density at radius 2 is 0.438 bits per heavy atom. The molecular formula is C44H28O4. The van der Waals surface area contributed by atoms with Crippen molar-refractivity contribution < 1.29 is 17.7 Å². The molecule has 9 rings (SSSR count). The van der Waals surface area contributed by atoms with Gasteiger partial charge in [-0.2, -0.15) is 0 Å². The van der Waals surface area contributed by atoms with E-state index in [1.165, 1.54) is 0 Å². The predicted octanol–water partition coefficient (Wildman–Crippen LogP) is 7.36. The first kappa shape index (κ1) is 27.8. The van der Waals surface area contributed by atoms with E-state index in [2.05, 4.69) is 48.5 Å². The highest BCUT2D eigenvalue weighted by Crippen LogP contribution is 2.31. The van der Waals surface area contributed by atoms with E-state index in [4.69, 9.17) is 17.7 Å². The van der Waals surface area contributed by atoms with E-state index >= 15 is 0 Å². The molecule has 0 atom stereocenters. The van der Waals surface area contributed by atoms with Crippen molar-refractivity contribution in [3.63, 3.8) is 0 Å². The van der Waals surface area contributed by atoms with Gasteiger partial charge in [-0.15, -0.1) is 0 Å². The molecule has 0 amide bonds. The van der Waals surface area contributed by atoms with E-state index < -0.39 is 0 Å². The maximum atomic E-state index is 6.77. The molecule has 8 aromatic rings. The van der Waals surface area contributed by atoms with Crippen molar-refractivity contribution in [2.45, 2.75) is 0 Å². The van der Waals surface area contributed by atoms with Crippen LogP contribution in [-0.2, 0) is 0 Å². The van der Waals surface area contributed by atoms with Crippen molar-refractivity contribution in [2.24, 2.45) is 0 Å². The van der Waals surface area contributed by atoms with Gasteiger partial charge in [-0.1, -0.05) is 121 Å². The van der Waals surface area contributed by atoms with Gasteiger partial charge in [-0.3, -0.25) is 0 Å². The second-order valence-electron chi connectivity index (χ2n) is 11.6. The topological polar surface area (TPSA) is 52.6 Å². The van der Waals surface area contributed by atoms with E-state index in [9.17, 15) is 0 Å². The molecule has 8 bridgehead atoms.